The normalized spacial score (nSPS) is 19.2. The summed E-state index contributed by atoms with van der Waals surface area (Å²) in [6, 6.07) is 5.37. The first kappa shape index (κ1) is 19.3. The van der Waals surface area contributed by atoms with E-state index in [1.54, 1.807) is 18.2 Å². The van der Waals surface area contributed by atoms with Crippen molar-refractivity contribution >= 4 is 40.8 Å². The zero-order valence-corrected chi connectivity index (χ0v) is 16.3. The number of piperidine rings is 1. The van der Waals surface area contributed by atoms with E-state index in [4.69, 9.17) is 23.2 Å². The van der Waals surface area contributed by atoms with Crippen molar-refractivity contribution in [2.75, 3.05) is 18.4 Å². The van der Waals surface area contributed by atoms with Crippen molar-refractivity contribution in [2.24, 2.45) is 5.92 Å². The number of amides is 3. The number of rotatable bonds is 3. The lowest BCUT2D eigenvalue weighted by Crippen LogP contribution is -2.49. The lowest BCUT2D eigenvalue weighted by Gasteiger charge is -2.33. The Kier molecular flexibility index (Phi) is 6.65. The molecule has 3 rings (SSSR count). The highest BCUT2D eigenvalue weighted by Crippen LogP contribution is 2.26. The third-order valence-corrected chi connectivity index (χ3v) is 6.01. The molecule has 0 spiro atoms. The van der Waals surface area contributed by atoms with Crippen LogP contribution in [0.25, 0.3) is 0 Å². The molecule has 0 atom stereocenters. The van der Waals surface area contributed by atoms with Gasteiger partial charge in [0.2, 0.25) is 5.91 Å². The van der Waals surface area contributed by atoms with Crippen LogP contribution in [0.2, 0.25) is 10.0 Å². The van der Waals surface area contributed by atoms with Gasteiger partial charge in [0.05, 0.1) is 10.0 Å². The molecule has 1 aliphatic heterocycles. The molecule has 1 aliphatic carbocycles. The minimum absolute atomic E-state index is 0.0141. The van der Waals surface area contributed by atoms with E-state index in [1.807, 2.05) is 4.90 Å². The van der Waals surface area contributed by atoms with Crippen LogP contribution < -0.4 is 10.6 Å². The van der Waals surface area contributed by atoms with Crippen LogP contribution in [0.15, 0.2) is 18.2 Å². The van der Waals surface area contributed by atoms with Gasteiger partial charge in [-0.15, -0.1) is 0 Å². The summed E-state index contributed by atoms with van der Waals surface area (Å²) >= 11 is 11.9. The van der Waals surface area contributed by atoms with Crippen LogP contribution in [0.1, 0.15) is 44.9 Å². The van der Waals surface area contributed by atoms with Gasteiger partial charge in [0.15, 0.2) is 0 Å². The molecule has 2 fully saturated rings. The number of nitrogens with zero attached hydrogens (tertiary/aromatic N) is 1. The standard InChI is InChI=1S/C19H25Cl2N3O2/c20-16-7-6-15(12-17(16)21)22-18(25)13-8-10-24(11-9-13)19(26)23-14-4-2-1-3-5-14/h6-7,12-14H,1-5,8-11H2,(H,22,25)(H,23,26). The van der Waals surface area contributed by atoms with Crippen molar-refractivity contribution < 1.29 is 9.59 Å². The molecule has 7 heteroatoms. The van der Waals surface area contributed by atoms with Crippen molar-refractivity contribution in [1.29, 1.82) is 0 Å². The highest BCUT2D eigenvalue weighted by Gasteiger charge is 2.28. The van der Waals surface area contributed by atoms with Gasteiger partial charge in [-0.1, -0.05) is 42.5 Å². The van der Waals surface area contributed by atoms with Crippen molar-refractivity contribution in [2.45, 2.75) is 51.0 Å². The van der Waals surface area contributed by atoms with E-state index in [1.165, 1.54) is 19.3 Å². The third-order valence-electron chi connectivity index (χ3n) is 5.27. The molecule has 0 unspecified atom stereocenters. The molecule has 1 saturated carbocycles. The van der Waals surface area contributed by atoms with Gasteiger partial charge in [0.1, 0.15) is 0 Å². The average Bonchev–Trinajstić information content (AvgIpc) is 2.65. The first-order valence-electron chi connectivity index (χ1n) is 9.34. The highest BCUT2D eigenvalue weighted by molar-refractivity contribution is 6.42. The minimum atomic E-state index is -0.0943. The average molecular weight is 398 g/mol. The monoisotopic (exact) mass is 397 g/mol. The van der Waals surface area contributed by atoms with E-state index >= 15 is 0 Å². The molecular formula is C19H25Cl2N3O2. The largest absolute Gasteiger partial charge is 0.335 e. The minimum Gasteiger partial charge on any atom is -0.335 e. The number of nitrogens with one attached hydrogen (secondary N) is 2. The number of carbonyl (C=O) groups excluding carboxylic acids is 2. The van der Waals surface area contributed by atoms with Crippen molar-refractivity contribution in [3.8, 4) is 0 Å². The molecule has 2 aliphatic rings. The molecule has 2 N–H and O–H groups in total. The predicted octanol–water partition coefficient (Wildman–Crippen LogP) is 4.69. The number of halogens is 2. The Morgan fingerprint density at radius 3 is 2.31 bits per heavy atom. The summed E-state index contributed by atoms with van der Waals surface area (Å²) in [5.74, 6) is -0.126. The Bertz CT molecular complexity index is 654. The van der Waals surface area contributed by atoms with Crippen LogP contribution in [-0.4, -0.2) is 36.0 Å². The maximum absolute atomic E-state index is 12.5. The summed E-state index contributed by atoms with van der Waals surface area (Å²) in [5.41, 5.74) is 0.641. The predicted molar refractivity (Wildman–Crippen MR) is 105 cm³/mol. The van der Waals surface area contributed by atoms with Gasteiger partial charge in [-0.25, -0.2) is 4.79 Å². The molecule has 1 heterocycles. The fourth-order valence-electron chi connectivity index (χ4n) is 3.68. The maximum Gasteiger partial charge on any atom is 0.317 e. The van der Waals surface area contributed by atoms with E-state index in [9.17, 15) is 9.59 Å². The summed E-state index contributed by atoms with van der Waals surface area (Å²) in [5, 5.41) is 6.91. The summed E-state index contributed by atoms with van der Waals surface area (Å²) in [7, 11) is 0. The molecule has 5 nitrogen and oxygen atoms in total. The van der Waals surface area contributed by atoms with Crippen molar-refractivity contribution in [1.82, 2.24) is 10.2 Å². The van der Waals surface area contributed by atoms with E-state index in [0.717, 1.165) is 12.8 Å². The zero-order chi connectivity index (χ0) is 18.5. The Morgan fingerprint density at radius 2 is 1.65 bits per heavy atom. The van der Waals surface area contributed by atoms with Gasteiger partial charge in [0.25, 0.3) is 0 Å². The fraction of sp³-hybridized carbons (Fsp3) is 0.579. The van der Waals surface area contributed by atoms with Crippen LogP contribution in [0.4, 0.5) is 10.5 Å². The van der Waals surface area contributed by atoms with Gasteiger partial charge in [-0.3, -0.25) is 4.79 Å². The highest BCUT2D eigenvalue weighted by atomic mass is 35.5. The number of urea groups is 1. The molecule has 0 bridgehead atoms. The zero-order valence-electron chi connectivity index (χ0n) is 14.8. The number of hydrogen-bond donors (Lipinski definition) is 2. The lowest BCUT2D eigenvalue weighted by atomic mass is 9.95. The van der Waals surface area contributed by atoms with E-state index in [0.29, 0.717) is 47.7 Å². The van der Waals surface area contributed by atoms with Gasteiger partial charge >= 0.3 is 6.03 Å². The van der Waals surface area contributed by atoms with Crippen LogP contribution in [-0.2, 0) is 4.79 Å². The van der Waals surface area contributed by atoms with Crippen LogP contribution in [0.3, 0.4) is 0 Å². The van der Waals surface area contributed by atoms with Crippen LogP contribution in [0, 0.1) is 5.92 Å². The molecule has 3 amide bonds. The number of hydrogen-bond acceptors (Lipinski definition) is 2. The second-order valence-electron chi connectivity index (χ2n) is 7.16. The Hall–Kier alpha value is -1.46. The molecule has 0 radical (unpaired) electrons. The second-order valence-corrected chi connectivity index (χ2v) is 7.98. The summed E-state index contributed by atoms with van der Waals surface area (Å²) < 4.78 is 0. The fourth-order valence-corrected chi connectivity index (χ4v) is 3.97. The van der Waals surface area contributed by atoms with Crippen LogP contribution in [0.5, 0.6) is 0 Å². The first-order chi connectivity index (χ1) is 12.5. The number of benzene rings is 1. The van der Waals surface area contributed by atoms with E-state index < -0.39 is 0 Å². The molecule has 142 valence electrons. The van der Waals surface area contributed by atoms with Gasteiger partial charge in [-0.2, -0.15) is 0 Å². The molecular weight excluding hydrogens is 373 g/mol. The third kappa shape index (κ3) is 5.04. The first-order valence-corrected chi connectivity index (χ1v) is 10.1. The number of anilines is 1. The maximum atomic E-state index is 12.5. The Morgan fingerprint density at radius 1 is 0.962 bits per heavy atom. The molecule has 1 saturated heterocycles. The van der Waals surface area contributed by atoms with Crippen molar-refractivity contribution in [3.05, 3.63) is 28.2 Å². The molecule has 1 aromatic carbocycles. The Labute approximate surface area is 164 Å². The summed E-state index contributed by atoms with van der Waals surface area (Å²) in [4.78, 5) is 26.7. The SMILES string of the molecule is O=C(Nc1ccc(Cl)c(Cl)c1)C1CCN(C(=O)NC2CCCCC2)CC1. The summed E-state index contributed by atoms with van der Waals surface area (Å²) in [6.45, 7) is 1.22. The molecule has 26 heavy (non-hydrogen) atoms. The smallest absolute Gasteiger partial charge is 0.317 e. The number of likely N-dealkylation sites (tertiary alicyclic amines) is 1. The summed E-state index contributed by atoms with van der Waals surface area (Å²) in [6.07, 6.45) is 7.16. The van der Waals surface area contributed by atoms with Gasteiger partial charge in [0, 0.05) is 30.7 Å². The number of carbonyl (C=O) groups is 2. The van der Waals surface area contributed by atoms with E-state index in [2.05, 4.69) is 10.6 Å². The van der Waals surface area contributed by atoms with E-state index in [-0.39, 0.29) is 17.9 Å². The Balaban J connectivity index is 1.45. The van der Waals surface area contributed by atoms with Gasteiger partial charge in [-0.05, 0) is 43.9 Å². The lowest BCUT2D eigenvalue weighted by molar-refractivity contribution is -0.121. The van der Waals surface area contributed by atoms with Crippen molar-refractivity contribution in [3.63, 3.8) is 0 Å². The molecule has 0 aromatic heterocycles. The topological polar surface area (TPSA) is 61.4 Å². The van der Waals surface area contributed by atoms with Crippen LogP contribution >= 0.6 is 23.2 Å². The van der Waals surface area contributed by atoms with Gasteiger partial charge < -0.3 is 15.5 Å². The second kappa shape index (κ2) is 8.96. The quantitative estimate of drug-likeness (QED) is 0.776. The molecule has 1 aromatic rings.